The minimum atomic E-state index is -0.534. The molecule has 1 amide bonds. The number of amides is 1. The summed E-state index contributed by atoms with van der Waals surface area (Å²) in [5.41, 5.74) is 1.46. The van der Waals surface area contributed by atoms with Crippen LogP contribution in [0.2, 0.25) is 5.02 Å². The molecule has 0 radical (unpaired) electrons. The average Bonchev–Trinajstić information content (AvgIpc) is 3.04. The summed E-state index contributed by atoms with van der Waals surface area (Å²) >= 11 is 6.25. The van der Waals surface area contributed by atoms with Crippen molar-refractivity contribution in [1.29, 1.82) is 0 Å². The van der Waals surface area contributed by atoms with Gasteiger partial charge in [0.05, 0.1) is 17.0 Å². The van der Waals surface area contributed by atoms with Crippen molar-refractivity contribution in [3.05, 3.63) is 92.8 Å². The zero-order chi connectivity index (χ0) is 21.7. The molecule has 0 saturated heterocycles. The van der Waals surface area contributed by atoms with Gasteiger partial charge >= 0.3 is 0 Å². The Morgan fingerprint density at radius 1 is 1.00 bits per heavy atom. The molecule has 1 aromatic heterocycles. The van der Waals surface area contributed by atoms with Gasteiger partial charge in [-0.2, -0.15) is 0 Å². The second-order valence-corrected chi connectivity index (χ2v) is 8.53. The second-order valence-electron chi connectivity index (χ2n) is 8.10. The molecule has 31 heavy (non-hydrogen) atoms. The number of hydrogen-bond acceptors (Lipinski definition) is 4. The lowest BCUT2D eigenvalue weighted by Gasteiger charge is -2.26. The summed E-state index contributed by atoms with van der Waals surface area (Å²) in [5.74, 6) is -0.147. The van der Waals surface area contributed by atoms with E-state index in [4.69, 9.17) is 16.0 Å². The van der Waals surface area contributed by atoms with Gasteiger partial charge in [0.25, 0.3) is 5.91 Å². The highest BCUT2D eigenvalue weighted by molar-refractivity contribution is 6.30. The summed E-state index contributed by atoms with van der Waals surface area (Å²) in [6.45, 7) is 1.12. The van der Waals surface area contributed by atoms with E-state index in [1.54, 1.807) is 23.1 Å². The summed E-state index contributed by atoms with van der Waals surface area (Å²) in [4.78, 5) is 30.8. The van der Waals surface area contributed by atoms with Gasteiger partial charge in [-0.25, -0.2) is 0 Å². The summed E-state index contributed by atoms with van der Waals surface area (Å²) < 4.78 is 6.19. The van der Waals surface area contributed by atoms with Gasteiger partial charge in [0.1, 0.15) is 5.58 Å². The first kappa shape index (κ1) is 19.8. The largest absolute Gasteiger partial charge is 0.450 e. The summed E-state index contributed by atoms with van der Waals surface area (Å²) in [5, 5.41) is 2.81. The SMILES string of the molecule is CN(C)CCN1C(=O)c2oc3c(ccc4ccccc43)c(=O)c2C1c1cccc(Cl)c1. The molecule has 1 aliphatic rings. The fourth-order valence-electron chi connectivity index (χ4n) is 4.31. The molecule has 0 bridgehead atoms. The molecule has 5 nitrogen and oxygen atoms in total. The van der Waals surface area contributed by atoms with Crippen LogP contribution in [0.1, 0.15) is 27.7 Å². The highest BCUT2D eigenvalue weighted by Crippen LogP contribution is 2.39. The zero-order valence-corrected chi connectivity index (χ0v) is 18.0. The lowest BCUT2D eigenvalue weighted by Crippen LogP contribution is -2.35. The molecule has 1 aliphatic heterocycles. The standard InChI is InChI=1S/C25H21ClN2O3/c1-27(2)12-13-28-21(16-7-5-8-17(26)14-16)20-22(29)19-11-10-15-6-3-4-9-18(15)23(19)31-24(20)25(28)30/h3-11,14,21H,12-13H2,1-2H3. The van der Waals surface area contributed by atoms with Crippen LogP contribution >= 0.6 is 11.6 Å². The van der Waals surface area contributed by atoms with Gasteiger partial charge in [-0.1, -0.05) is 54.1 Å². The van der Waals surface area contributed by atoms with Crippen molar-refractivity contribution in [2.75, 3.05) is 27.2 Å². The first-order valence-corrected chi connectivity index (χ1v) is 10.5. The molecule has 2 heterocycles. The van der Waals surface area contributed by atoms with Crippen LogP contribution in [-0.2, 0) is 0 Å². The van der Waals surface area contributed by atoms with Crippen molar-refractivity contribution in [3.63, 3.8) is 0 Å². The van der Waals surface area contributed by atoms with E-state index in [1.165, 1.54) is 0 Å². The Balaban J connectivity index is 1.79. The van der Waals surface area contributed by atoms with Crippen LogP contribution < -0.4 is 5.43 Å². The molecule has 0 saturated carbocycles. The fourth-order valence-corrected chi connectivity index (χ4v) is 4.51. The maximum atomic E-state index is 13.7. The monoisotopic (exact) mass is 432 g/mol. The Kier molecular flexibility index (Phi) is 4.80. The van der Waals surface area contributed by atoms with Crippen molar-refractivity contribution in [2.45, 2.75) is 6.04 Å². The van der Waals surface area contributed by atoms with Crippen molar-refractivity contribution >= 4 is 39.2 Å². The van der Waals surface area contributed by atoms with Gasteiger partial charge in [-0.15, -0.1) is 0 Å². The number of benzene rings is 3. The van der Waals surface area contributed by atoms with Crippen molar-refractivity contribution in [1.82, 2.24) is 9.80 Å². The first-order chi connectivity index (χ1) is 15.0. The number of hydrogen-bond donors (Lipinski definition) is 0. The summed E-state index contributed by atoms with van der Waals surface area (Å²) in [7, 11) is 3.90. The minimum Gasteiger partial charge on any atom is -0.450 e. The van der Waals surface area contributed by atoms with E-state index >= 15 is 0 Å². The molecule has 0 fully saturated rings. The molecular formula is C25H21ClN2O3. The van der Waals surface area contributed by atoms with E-state index in [9.17, 15) is 9.59 Å². The molecule has 3 aromatic carbocycles. The second kappa shape index (κ2) is 7.52. The molecule has 0 spiro atoms. The third-order valence-corrected chi connectivity index (χ3v) is 6.05. The highest BCUT2D eigenvalue weighted by Gasteiger charge is 2.42. The predicted octanol–water partition coefficient (Wildman–Crippen LogP) is 4.71. The van der Waals surface area contributed by atoms with Crippen LogP contribution in [0.15, 0.2) is 69.9 Å². The van der Waals surface area contributed by atoms with E-state index in [1.807, 2.05) is 61.5 Å². The van der Waals surface area contributed by atoms with Crippen LogP contribution in [0.3, 0.4) is 0 Å². The summed E-state index contributed by atoms with van der Waals surface area (Å²) in [6, 6.07) is 18.2. The van der Waals surface area contributed by atoms with Crippen LogP contribution in [0.4, 0.5) is 0 Å². The van der Waals surface area contributed by atoms with E-state index in [0.29, 0.717) is 34.6 Å². The Hall–Kier alpha value is -3.15. The molecule has 1 unspecified atom stereocenters. The number of rotatable bonds is 4. The molecule has 0 aliphatic carbocycles. The zero-order valence-electron chi connectivity index (χ0n) is 17.3. The maximum Gasteiger partial charge on any atom is 0.290 e. The Bertz CT molecular complexity index is 1390. The van der Waals surface area contributed by atoms with Crippen molar-refractivity contribution in [3.8, 4) is 0 Å². The van der Waals surface area contributed by atoms with Crippen LogP contribution in [0, 0.1) is 0 Å². The Morgan fingerprint density at radius 2 is 1.81 bits per heavy atom. The number of fused-ring (bicyclic) bond motifs is 4. The van der Waals surface area contributed by atoms with Crippen molar-refractivity contribution in [2.24, 2.45) is 0 Å². The smallest absolute Gasteiger partial charge is 0.290 e. The molecule has 6 heteroatoms. The molecule has 156 valence electrons. The van der Waals surface area contributed by atoms with E-state index in [-0.39, 0.29) is 17.1 Å². The van der Waals surface area contributed by atoms with Crippen LogP contribution in [0.25, 0.3) is 21.7 Å². The predicted molar refractivity (Wildman–Crippen MR) is 123 cm³/mol. The third-order valence-electron chi connectivity index (χ3n) is 5.81. The van der Waals surface area contributed by atoms with Crippen molar-refractivity contribution < 1.29 is 9.21 Å². The van der Waals surface area contributed by atoms with Gasteiger partial charge in [0.15, 0.2) is 5.43 Å². The third kappa shape index (κ3) is 3.21. The van der Waals surface area contributed by atoms with Crippen LogP contribution in [0.5, 0.6) is 0 Å². The van der Waals surface area contributed by atoms with Gasteiger partial charge in [0.2, 0.25) is 5.76 Å². The molecule has 0 N–H and O–H groups in total. The van der Waals surface area contributed by atoms with E-state index in [2.05, 4.69) is 0 Å². The normalized spacial score (nSPS) is 15.9. The van der Waals surface area contributed by atoms with Gasteiger partial charge in [-0.05, 0) is 43.2 Å². The summed E-state index contributed by atoms with van der Waals surface area (Å²) in [6.07, 6.45) is 0. The fraction of sp³-hybridized carbons (Fsp3) is 0.200. The quantitative estimate of drug-likeness (QED) is 0.438. The van der Waals surface area contributed by atoms with Crippen LogP contribution in [-0.4, -0.2) is 42.9 Å². The molecule has 1 atom stereocenters. The lowest BCUT2D eigenvalue weighted by atomic mass is 9.97. The molecular weight excluding hydrogens is 412 g/mol. The number of halogens is 1. The number of nitrogens with zero attached hydrogens (tertiary/aromatic N) is 2. The van der Waals surface area contributed by atoms with Gasteiger partial charge < -0.3 is 14.2 Å². The van der Waals surface area contributed by atoms with E-state index < -0.39 is 6.04 Å². The Morgan fingerprint density at radius 3 is 2.58 bits per heavy atom. The maximum absolute atomic E-state index is 13.7. The first-order valence-electron chi connectivity index (χ1n) is 10.2. The Labute approximate surface area is 184 Å². The topological polar surface area (TPSA) is 53.8 Å². The van der Waals surface area contributed by atoms with Gasteiger partial charge in [0, 0.05) is 23.5 Å². The van der Waals surface area contributed by atoms with Gasteiger partial charge in [-0.3, -0.25) is 9.59 Å². The number of carbonyl (C=O) groups excluding carboxylic acids is 1. The number of carbonyl (C=O) groups is 1. The van der Waals surface area contributed by atoms with E-state index in [0.717, 1.165) is 16.3 Å². The average molecular weight is 433 g/mol. The molecule has 4 aromatic rings. The highest BCUT2D eigenvalue weighted by atomic mass is 35.5. The lowest BCUT2D eigenvalue weighted by molar-refractivity contribution is 0.0716. The molecule has 5 rings (SSSR count). The minimum absolute atomic E-state index is 0.123. The number of likely N-dealkylation sites (N-methyl/N-ethyl adjacent to an activating group) is 1.